The Hall–Kier alpha value is -1.35. The molecule has 1 aromatic rings. The van der Waals surface area contributed by atoms with Gasteiger partial charge in [-0.15, -0.1) is 0 Å². The topological polar surface area (TPSA) is 38.3 Å². The first-order chi connectivity index (χ1) is 7.77. The predicted octanol–water partition coefficient (Wildman–Crippen LogP) is 2.36. The summed E-state index contributed by atoms with van der Waals surface area (Å²) < 4.78 is 5.03. The number of benzene rings is 1. The Bertz CT molecular complexity index is 336. The molecule has 88 valence electrons. The van der Waals surface area contributed by atoms with Crippen molar-refractivity contribution in [3.05, 3.63) is 35.4 Å². The highest BCUT2D eigenvalue weighted by Gasteiger charge is 2.04. The van der Waals surface area contributed by atoms with Gasteiger partial charge in [-0.3, -0.25) is 4.79 Å². The van der Waals surface area contributed by atoms with Crippen molar-refractivity contribution >= 4 is 5.91 Å². The molecule has 1 rings (SSSR count). The molecule has 0 unspecified atom stereocenters. The third kappa shape index (κ3) is 4.03. The summed E-state index contributed by atoms with van der Waals surface area (Å²) in [7, 11) is 1.65. The van der Waals surface area contributed by atoms with E-state index in [9.17, 15) is 4.79 Å². The summed E-state index contributed by atoms with van der Waals surface area (Å²) in [6, 6.07) is 7.51. The van der Waals surface area contributed by atoms with Crippen molar-refractivity contribution in [3.8, 4) is 0 Å². The highest BCUT2D eigenvalue weighted by Crippen LogP contribution is 2.06. The van der Waals surface area contributed by atoms with Gasteiger partial charge in [-0.05, 0) is 24.1 Å². The lowest BCUT2D eigenvalue weighted by atomic mass is 10.1. The average molecular weight is 221 g/mol. The van der Waals surface area contributed by atoms with Gasteiger partial charge in [0.1, 0.15) is 0 Å². The number of hydrogen-bond acceptors (Lipinski definition) is 2. The zero-order chi connectivity index (χ0) is 11.8. The van der Waals surface area contributed by atoms with E-state index in [0.29, 0.717) is 12.2 Å². The van der Waals surface area contributed by atoms with Crippen LogP contribution in [0.5, 0.6) is 0 Å². The molecule has 0 aromatic heterocycles. The van der Waals surface area contributed by atoms with Gasteiger partial charge in [0.2, 0.25) is 0 Å². The van der Waals surface area contributed by atoms with Gasteiger partial charge in [0.15, 0.2) is 0 Å². The van der Waals surface area contributed by atoms with E-state index in [4.69, 9.17) is 4.74 Å². The minimum absolute atomic E-state index is 0.00796. The van der Waals surface area contributed by atoms with Gasteiger partial charge in [0.05, 0.1) is 6.61 Å². The van der Waals surface area contributed by atoms with Crippen LogP contribution in [0.25, 0.3) is 0 Å². The van der Waals surface area contributed by atoms with E-state index in [2.05, 4.69) is 12.2 Å². The summed E-state index contributed by atoms with van der Waals surface area (Å²) >= 11 is 0. The Morgan fingerprint density at radius 2 is 2.25 bits per heavy atom. The maximum Gasteiger partial charge on any atom is 0.251 e. The molecule has 16 heavy (non-hydrogen) atoms. The van der Waals surface area contributed by atoms with Crippen molar-refractivity contribution in [2.75, 3.05) is 13.7 Å². The number of hydrogen-bond donors (Lipinski definition) is 1. The summed E-state index contributed by atoms with van der Waals surface area (Å²) in [5.41, 5.74) is 1.72. The van der Waals surface area contributed by atoms with Gasteiger partial charge >= 0.3 is 0 Å². The Labute approximate surface area is 96.8 Å². The quantitative estimate of drug-likeness (QED) is 0.749. The largest absolute Gasteiger partial charge is 0.380 e. The van der Waals surface area contributed by atoms with E-state index in [1.54, 1.807) is 7.11 Å². The number of carbonyl (C=O) groups is 1. The first kappa shape index (κ1) is 12.7. The van der Waals surface area contributed by atoms with Crippen molar-refractivity contribution in [1.82, 2.24) is 5.32 Å². The van der Waals surface area contributed by atoms with E-state index in [-0.39, 0.29) is 5.91 Å². The summed E-state index contributed by atoms with van der Waals surface area (Å²) in [6.07, 6.45) is 2.10. The number of rotatable bonds is 6. The lowest BCUT2D eigenvalue weighted by molar-refractivity contribution is 0.0953. The van der Waals surface area contributed by atoms with Crippen LogP contribution < -0.4 is 5.32 Å². The number of carbonyl (C=O) groups excluding carboxylic acids is 1. The molecule has 1 aromatic carbocycles. The van der Waals surface area contributed by atoms with Crippen LogP contribution >= 0.6 is 0 Å². The van der Waals surface area contributed by atoms with Gasteiger partial charge in [-0.2, -0.15) is 0 Å². The monoisotopic (exact) mass is 221 g/mol. The minimum Gasteiger partial charge on any atom is -0.380 e. The molecule has 0 aliphatic carbocycles. The Morgan fingerprint density at radius 3 is 2.94 bits per heavy atom. The first-order valence-corrected chi connectivity index (χ1v) is 5.64. The molecular formula is C13H19NO2. The molecule has 1 amide bonds. The molecule has 0 heterocycles. The smallest absolute Gasteiger partial charge is 0.251 e. The highest BCUT2D eigenvalue weighted by molar-refractivity contribution is 5.94. The molecular weight excluding hydrogens is 202 g/mol. The number of ether oxygens (including phenoxy) is 1. The van der Waals surface area contributed by atoms with Crippen LogP contribution in [0.3, 0.4) is 0 Å². The van der Waals surface area contributed by atoms with Crippen LogP contribution in [-0.2, 0) is 11.3 Å². The minimum atomic E-state index is -0.00796. The molecule has 0 bridgehead atoms. The normalized spacial score (nSPS) is 10.1. The molecule has 3 heteroatoms. The van der Waals surface area contributed by atoms with Crippen molar-refractivity contribution < 1.29 is 9.53 Å². The number of unbranched alkanes of at least 4 members (excludes halogenated alkanes) is 1. The summed E-state index contributed by atoms with van der Waals surface area (Å²) in [6.45, 7) is 3.38. The van der Waals surface area contributed by atoms with Crippen molar-refractivity contribution in [1.29, 1.82) is 0 Å². The fourth-order valence-electron chi connectivity index (χ4n) is 1.45. The molecule has 0 fully saturated rings. The van der Waals surface area contributed by atoms with Gasteiger partial charge in [-0.25, -0.2) is 0 Å². The second-order valence-electron chi connectivity index (χ2n) is 3.74. The molecule has 0 radical (unpaired) electrons. The van der Waals surface area contributed by atoms with Crippen molar-refractivity contribution in [3.63, 3.8) is 0 Å². The summed E-state index contributed by atoms with van der Waals surface area (Å²) in [5.74, 6) is -0.00796. The van der Waals surface area contributed by atoms with Crippen molar-refractivity contribution in [2.45, 2.75) is 26.4 Å². The van der Waals surface area contributed by atoms with Gasteiger partial charge in [0, 0.05) is 19.2 Å². The third-order valence-corrected chi connectivity index (χ3v) is 2.32. The van der Waals surface area contributed by atoms with Crippen LogP contribution in [0.4, 0.5) is 0 Å². The SMILES string of the molecule is CCCCNC(=O)c1cccc(COC)c1. The molecule has 0 saturated carbocycles. The Morgan fingerprint density at radius 1 is 1.44 bits per heavy atom. The maximum absolute atomic E-state index is 11.7. The number of methoxy groups -OCH3 is 1. The molecule has 0 atom stereocenters. The van der Waals surface area contributed by atoms with Crippen LogP contribution in [0.2, 0.25) is 0 Å². The standard InChI is InChI=1S/C13H19NO2/c1-3-4-8-14-13(15)12-7-5-6-11(9-12)10-16-2/h5-7,9H,3-4,8,10H2,1-2H3,(H,14,15). The van der Waals surface area contributed by atoms with Crippen molar-refractivity contribution in [2.24, 2.45) is 0 Å². The summed E-state index contributed by atoms with van der Waals surface area (Å²) in [5, 5.41) is 2.89. The zero-order valence-electron chi connectivity index (χ0n) is 9.95. The van der Waals surface area contributed by atoms with Gasteiger partial charge < -0.3 is 10.1 Å². The molecule has 0 aliphatic heterocycles. The fourth-order valence-corrected chi connectivity index (χ4v) is 1.45. The van der Waals surface area contributed by atoms with Crippen LogP contribution in [0, 0.1) is 0 Å². The molecule has 0 spiro atoms. The molecule has 3 nitrogen and oxygen atoms in total. The van der Waals surface area contributed by atoms with E-state index in [0.717, 1.165) is 24.9 Å². The van der Waals surface area contributed by atoms with Gasteiger partial charge in [0.25, 0.3) is 5.91 Å². The second kappa shape index (κ2) is 7.01. The van der Waals surface area contributed by atoms with E-state index in [1.165, 1.54) is 0 Å². The summed E-state index contributed by atoms with van der Waals surface area (Å²) in [4.78, 5) is 11.7. The van der Waals surface area contributed by atoms with Crippen LogP contribution in [0.1, 0.15) is 35.7 Å². The fraction of sp³-hybridized carbons (Fsp3) is 0.462. The molecule has 0 saturated heterocycles. The average Bonchev–Trinajstić information content (AvgIpc) is 2.30. The van der Waals surface area contributed by atoms with E-state index in [1.807, 2.05) is 24.3 Å². The van der Waals surface area contributed by atoms with E-state index >= 15 is 0 Å². The maximum atomic E-state index is 11.7. The Kier molecular flexibility index (Phi) is 5.57. The number of nitrogens with one attached hydrogen (secondary N) is 1. The first-order valence-electron chi connectivity index (χ1n) is 5.64. The highest BCUT2D eigenvalue weighted by atomic mass is 16.5. The van der Waals surface area contributed by atoms with E-state index < -0.39 is 0 Å². The third-order valence-electron chi connectivity index (χ3n) is 2.32. The second-order valence-corrected chi connectivity index (χ2v) is 3.74. The number of amides is 1. The lowest BCUT2D eigenvalue weighted by Gasteiger charge is -2.06. The molecule has 0 aliphatic rings. The Balaban J connectivity index is 2.57. The van der Waals surface area contributed by atoms with Crippen LogP contribution in [0.15, 0.2) is 24.3 Å². The van der Waals surface area contributed by atoms with Crippen LogP contribution in [-0.4, -0.2) is 19.6 Å². The lowest BCUT2D eigenvalue weighted by Crippen LogP contribution is -2.24. The van der Waals surface area contributed by atoms with Gasteiger partial charge in [-0.1, -0.05) is 25.5 Å². The molecule has 1 N–H and O–H groups in total. The predicted molar refractivity (Wildman–Crippen MR) is 64.4 cm³/mol. The zero-order valence-corrected chi connectivity index (χ0v) is 9.95.